The lowest BCUT2D eigenvalue weighted by atomic mass is 10.2. The van der Waals surface area contributed by atoms with Gasteiger partial charge < -0.3 is 24.8 Å². The molecule has 0 saturated carbocycles. The zero-order valence-electron chi connectivity index (χ0n) is 16.9. The molecule has 7 heteroatoms. The summed E-state index contributed by atoms with van der Waals surface area (Å²) in [5, 5.41) is 6.54. The Balaban J connectivity index is 2.01. The van der Waals surface area contributed by atoms with Gasteiger partial charge in [0.15, 0.2) is 17.5 Å². The molecule has 2 N–H and O–H groups in total. The second-order valence-electron chi connectivity index (χ2n) is 6.06. The summed E-state index contributed by atoms with van der Waals surface area (Å²) in [4.78, 5) is 8.63. The fraction of sp³-hybridized carbons (Fsp3) is 0.429. The van der Waals surface area contributed by atoms with Gasteiger partial charge in [0.1, 0.15) is 0 Å². The molecule has 1 heterocycles. The molecule has 2 aromatic rings. The Hall–Kier alpha value is -2.80. The van der Waals surface area contributed by atoms with Crippen LogP contribution in [0.25, 0.3) is 0 Å². The van der Waals surface area contributed by atoms with Gasteiger partial charge >= 0.3 is 0 Å². The van der Waals surface area contributed by atoms with E-state index >= 15 is 0 Å². The number of ether oxygens (including phenoxy) is 3. The van der Waals surface area contributed by atoms with Crippen molar-refractivity contribution < 1.29 is 14.2 Å². The average molecular weight is 386 g/mol. The molecule has 7 nitrogen and oxygen atoms in total. The van der Waals surface area contributed by atoms with Crippen LogP contribution in [0.4, 0.5) is 0 Å². The van der Waals surface area contributed by atoms with Crippen molar-refractivity contribution in [1.29, 1.82) is 0 Å². The molecule has 0 atom stereocenters. The summed E-state index contributed by atoms with van der Waals surface area (Å²) in [6, 6.07) is 11.5. The molecule has 0 radical (unpaired) electrons. The van der Waals surface area contributed by atoms with Crippen LogP contribution in [-0.4, -0.2) is 44.9 Å². The Kier molecular flexibility index (Phi) is 9.65. The number of hydrogen-bond acceptors (Lipinski definition) is 5. The van der Waals surface area contributed by atoms with Crippen molar-refractivity contribution in [1.82, 2.24) is 15.6 Å². The van der Waals surface area contributed by atoms with Crippen molar-refractivity contribution >= 4 is 5.96 Å². The van der Waals surface area contributed by atoms with E-state index in [4.69, 9.17) is 14.2 Å². The molecule has 0 aliphatic heterocycles. The maximum Gasteiger partial charge on any atom is 0.224 e. The van der Waals surface area contributed by atoms with Gasteiger partial charge in [-0.2, -0.15) is 0 Å². The summed E-state index contributed by atoms with van der Waals surface area (Å²) in [6.07, 6.45) is 3.56. The van der Waals surface area contributed by atoms with Crippen molar-refractivity contribution in [3.8, 4) is 17.4 Å². The molecule has 0 aliphatic carbocycles. The molecular weight excluding hydrogens is 356 g/mol. The maximum absolute atomic E-state index is 6.06. The minimum absolute atomic E-state index is 0.533. The number of guanidine groups is 1. The summed E-state index contributed by atoms with van der Waals surface area (Å²) in [5.41, 5.74) is 0.924. The summed E-state index contributed by atoms with van der Waals surface area (Å²) in [6.45, 7) is 4.74. The third-order valence-corrected chi connectivity index (χ3v) is 3.86. The molecule has 1 aromatic carbocycles. The first-order valence-electron chi connectivity index (χ1n) is 9.55. The zero-order chi connectivity index (χ0) is 20.0. The van der Waals surface area contributed by atoms with Crippen LogP contribution in [-0.2, 0) is 11.3 Å². The van der Waals surface area contributed by atoms with E-state index < -0.39 is 0 Å². The quantitative estimate of drug-likeness (QED) is 0.350. The van der Waals surface area contributed by atoms with Gasteiger partial charge in [-0.1, -0.05) is 25.1 Å². The predicted octanol–water partition coefficient (Wildman–Crippen LogP) is 3.36. The van der Waals surface area contributed by atoms with Crippen molar-refractivity contribution in [2.24, 2.45) is 4.99 Å². The maximum atomic E-state index is 6.06. The van der Waals surface area contributed by atoms with Crippen molar-refractivity contribution in [2.45, 2.75) is 26.3 Å². The molecule has 0 amide bonds. The molecule has 28 heavy (non-hydrogen) atoms. The molecule has 152 valence electrons. The summed E-state index contributed by atoms with van der Waals surface area (Å²) in [5.74, 6) is 2.62. The smallest absolute Gasteiger partial charge is 0.224 e. The molecule has 0 saturated heterocycles. The van der Waals surface area contributed by atoms with Crippen molar-refractivity contribution in [3.63, 3.8) is 0 Å². The Morgan fingerprint density at radius 3 is 2.64 bits per heavy atom. The van der Waals surface area contributed by atoms with E-state index in [0.717, 1.165) is 30.9 Å². The molecule has 0 fully saturated rings. The number of methoxy groups -OCH3 is 1. The molecule has 1 aromatic heterocycles. The fourth-order valence-electron chi connectivity index (χ4n) is 2.44. The third kappa shape index (κ3) is 7.08. The lowest BCUT2D eigenvalue weighted by molar-refractivity contribution is 0.195. The van der Waals surface area contributed by atoms with Crippen LogP contribution in [0.1, 0.15) is 25.3 Å². The second kappa shape index (κ2) is 12.6. The topological polar surface area (TPSA) is 77.0 Å². The zero-order valence-corrected chi connectivity index (χ0v) is 16.9. The number of para-hydroxylation sites is 2. The Labute approximate surface area is 167 Å². The number of aromatic nitrogens is 1. The molecule has 0 bridgehead atoms. The van der Waals surface area contributed by atoms with E-state index in [-0.39, 0.29) is 0 Å². The summed E-state index contributed by atoms with van der Waals surface area (Å²) in [7, 11) is 3.44. The third-order valence-electron chi connectivity index (χ3n) is 3.86. The Morgan fingerprint density at radius 2 is 1.89 bits per heavy atom. The largest absolute Gasteiger partial charge is 0.490 e. The van der Waals surface area contributed by atoms with Crippen LogP contribution in [0.2, 0.25) is 0 Å². The van der Waals surface area contributed by atoms with E-state index in [1.54, 1.807) is 20.4 Å². The van der Waals surface area contributed by atoms with Gasteiger partial charge in [-0.15, -0.1) is 0 Å². The van der Waals surface area contributed by atoms with Crippen LogP contribution in [0, 0.1) is 0 Å². The first-order valence-corrected chi connectivity index (χ1v) is 9.55. The molecule has 2 rings (SSSR count). The monoisotopic (exact) mass is 386 g/mol. The molecule has 0 spiro atoms. The van der Waals surface area contributed by atoms with E-state index in [1.807, 2.05) is 36.4 Å². The van der Waals surface area contributed by atoms with E-state index in [9.17, 15) is 0 Å². The van der Waals surface area contributed by atoms with Crippen molar-refractivity contribution in [3.05, 3.63) is 48.2 Å². The molecular formula is C21H30N4O3. The highest BCUT2D eigenvalue weighted by atomic mass is 16.5. The number of pyridine rings is 1. The lowest BCUT2D eigenvalue weighted by Crippen LogP contribution is -2.37. The van der Waals surface area contributed by atoms with Gasteiger partial charge in [-0.05, 0) is 31.0 Å². The van der Waals surface area contributed by atoms with Gasteiger partial charge in [0.2, 0.25) is 5.88 Å². The van der Waals surface area contributed by atoms with E-state index in [2.05, 4.69) is 27.5 Å². The van der Waals surface area contributed by atoms with Crippen LogP contribution in [0.3, 0.4) is 0 Å². The van der Waals surface area contributed by atoms with Gasteiger partial charge in [0.25, 0.3) is 0 Å². The Bertz CT molecular complexity index is 737. The highest BCUT2D eigenvalue weighted by molar-refractivity contribution is 5.79. The van der Waals surface area contributed by atoms with Crippen molar-refractivity contribution in [2.75, 3.05) is 33.9 Å². The summed E-state index contributed by atoms with van der Waals surface area (Å²) >= 11 is 0. The predicted molar refractivity (Wildman–Crippen MR) is 111 cm³/mol. The average Bonchev–Trinajstić information content (AvgIpc) is 2.73. The number of nitrogens with zero attached hydrogens (tertiary/aromatic N) is 2. The van der Waals surface area contributed by atoms with E-state index in [0.29, 0.717) is 37.1 Å². The van der Waals surface area contributed by atoms with Crippen LogP contribution < -0.4 is 20.1 Å². The highest BCUT2D eigenvalue weighted by Gasteiger charge is 2.11. The van der Waals surface area contributed by atoms with Crippen LogP contribution in [0.5, 0.6) is 17.4 Å². The second-order valence-corrected chi connectivity index (χ2v) is 6.06. The first-order chi connectivity index (χ1) is 13.8. The molecule has 0 aliphatic rings. The minimum Gasteiger partial charge on any atom is -0.490 e. The normalized spacial score (nSPS) is 11.2. The standard InChI is InChI=1S/C21H30N4O3/c1-4-14-27-18-10-5-6-11-19(18)28-20-17(9-7-12-23-20)16-25-21(22-2)24-13-8-15-26-3/h5-7,9-12H,4,8,13-16H2,1-3H3,(H2,22,24,25). The fourth-order valence-corrected chi connectivity index (χ4v) is 2.44. The van der Waals surface area contributed by atoms with E-state index in [1.165, 1.54) is 0 Å². The summed E-state index contributed by atoms with van der Waals surface area (Å²) < 4.78 is 16.9. The highest BCUT2D eigenvalue weighted by Crippen LogP contribution is 2.31. The van der Waals surface area contributed by atoms with Gasteiger partial charge in [-0.25, -0.2) is 4.98 Å². The number of aliphatic imine (C=N–C) groups is 1. The SMILES string of the molecule is CCCOc1ccccc1Oc1ncccc1CNC(=NC)NCCCOC. The molecule has 0 unspecified atom stereocenters. The lowest BCUT2D eigenvalue weighted by Gasteiger charge is -2.15. The van der Waals surface area contributed by atoms with Crippen LogP contribution >= 0.6 is 0 Å². The minimum atomic E-state index is 0.533. The number of rotatable bonds is 11. The van der Waals surface area contributed by atoms with Gasteiger partial charge in [-0.3, -0.25) is 4.99 Å². The number of benzene rings is 1. The van der Waals surface area contributed by atoms with Gasteiger partial charge in [0.05, 0.1) is 6.61 Å². The number of hydrogen-bond donors (Lipinski definition) is 2. The first kappa shape index (κ1) is 21.5. The van der Waals surface area contributed by atoms with Crippen LogP contribution in [0.15, 0.2) is 47.6 Å². The number of nitrogens with one attached hydrogen (secondary N) is 2. The Morgan fingerprint density at radius 1 is 1.07 bits per heavy atom. The van der Waals surface area contributed by atoms with Gasteiger partial charge in [0, 0.05) is 45.6 Å².